The van der Waals surface area contributed by atoms with Crippen molar-refractivity contribution in [3.05, 3.63) is 42.1 Å². The van der Waals surface area contributed by atoms with E-state index in [-0.39, 0.29) is 63.9 Å². The predicted octanol–water partition coefficient (Wildman–Crippen LogP) is 3.94. The molecule has 1 unspecified atom stereocenters. The number of aliphatic hydroxyl groups is 1. The molecule has 2 atom stereocenters. The third kappa shape index (κ3) is 9.97. The molecule has 2 saturated heterocycles. The summed E-state index contributed by atoms with van der Waals surface area (Å²) in [6, 6.07) is 9.37. The lowest BCUT2D eigenvalue weighted by Gasteiger charge is -2.36. The van der Waals surface area contributed by atoms with Gasteiger partial charge in [-0.2, -0.15) is 0 Å². The number of hydrogen-bond acceptors (Lipinski definition) is 11. The normalized spacial score (nSPS) is 17.6. The average Bonchev–Trinajstić information content (AvgIpc) is 3.11. The van der Waals surface area contributed by atoms with E-state index < -0.39 is 31.5 Å². The van der Waals surface area contributed by atoms with Crippen molar-refractivity contribution >= 4 is 31.3 Å². The monoisotopic (exact) mass is 688 g/mol. The number of unbranched alkanes of at least 4 members (excludes halogenated alkanes) is 1. The van der Waals surface area contributed by atoms with E-state index in [1.54, 1.807) is 24.8 Å². The minimum absolute atomic E-state index is 0.0150. The van der Waals surface area contributed by atoms with Crippen LogP contribution in [0.2, 0.25) is 0 Å². The molecule has 48 heavy (non-hydrogen) atoms. The van der Waals surface area contributed by atoms with Gasteiger partial charge in [0, 0.05) is 44.4 Å². The molecular weight excluding hydrogens is 639 g/mol. The number of aromatic nitrogens is 2. The molecule has 1 aromatic carbocycles. The maximum absolute atomic E-state index is 14.0. The number of rotatable bonds is 15. The average molecular weight is 689 g/mol. The van der Waals surface area contributed by atoms with Crippen LogP contribution in [-0.4, -0.2) is 120 Å². The van der Waals surface area contributed by atoms with Gasteiger partial charge in [-0.05, 0) is 39.5 Å². The molecule has 15 heteroatoms. The summed E-state index contributed by atoms with van der Waals surface area (Å²) in [6.45, 7) is 7.38. The molecule has 2 aromatic rings. The smallest absolute Gasteiger partial charge is 0.409 e. The van der Waals surface area contributed by atoms with Crippen LogP contribution in [0, 0.1) is 0 Å². The predicted molar refractivity (Wildman–Crippen MR) is 181 cm³/mol. The quantitative estimate of drug-likeness (QED) is 0.206. The van der Waals surface area contributed by atoms with Gasteiger partial charge in [-0.25, -0.2) is 14.8 Å². The molecular formula is C33H49N6O8P. The van der Waals surface area contributed by atoms with Crippen molar-refractivity contribution < 1.29 is 37.8 Å². The summed E-state index contributed by atoms with van der Waals surface area (Å²) in [4.78, 5) is 54.9. The van der Waals surface area contributed by atoms with Crippen molar-refractivity contribution in [1.82, 2.24) is 25.1 Å². The maximum atomic E-state index is 14.0. The molecule has 0 bridgehead atoms. The molecule has 2 aliphatic rings. The number of amides is 3. The maximum Gasteiger partial charge on any atom is 0.409 e. The summed E-state index contributed by atoms with van der Waals surface area (Å²) in [5, 5.41) is 12.9. The molecule has 2 aliphatic heterocycles. The highest BCUT2D eigenvalue weighted by Gasteiger charge is 2.38. The van der Waals surface area contributed by atoms with E-state index in [2.05, 4.69) is 10.3 Å². The zero-order chi connectivity index (χ0) is 34.5. The summed E-state index contributed by atoms with van der Waals surface area (Å²) >= 11 is 0. The second kappa shape index (κ2) is 18.3. The molecule has 2 N–H and O–H groups in total. The lowest BCUT2D eigenvalue weighted by atomic mass is 10.0. The highest BCUT2D eigenvalue weighted by Crippen LogP contribution is 2.48. The second-order valence-electron chi connectivity index (χ2n) is 11.8. The van der Waals surface area contributed by atoms with Crippen LogP contribution in [-0.2, 0) is 23.1 Å². The number of benzene rings is 1. The van der Waals surface area contributed by atoms with Gasteiger partial charge in [-0.15, -0.1) is 0 Å². The van der Waals surface area contributed by atoms with Crippen molar-refractivity contribution in [3.63, 3.8) is 0 Å². The third-order valence-electron chi connectivity index (χ3n) is 8.34. The number of carbonyl (C=O) groups is 3. The molecule has 4 rings (SSSR count). The van der Waals surface area contributed by atoms with Crippen molar-refractivity contribution in [3.8, 4) is 11.4 Å². The SMILES string of the molecule is CCCCOC(=O)N1CCN(C(=O)C(CP(=O)(OCC)OCC)NC(=O)c2cc(N3CCCC[C@@H]3CO)nc(-c3ccccc3)n2)CC1. The van der Waals surface area contributed by atoms with E-state index in [4.69, 9.17) is 18.8 Å². The van der Waals surface area contributed by atoms with Gasteiger partial charge in [-0.3, -0.25) is 14.2 Å². The molecule has 3 heterocycles. The number of ether oxygens (including phenoxy) is 1. The number of piperazine rings is 1. The number of nitrogens with zero attached hydrogens (tertiary/aromatic N) is 5. The van der Waals surface area contributed by atoms with E-state index in [0.29, 0.717) is 30.4 Å². The molecule has 0 aliphatic carbocycles. The highest BCUT2D eigenvalue weighted by molar-refractivity contribution is 7.54. The second-order valence-corrected chi connectivity index (χ2v) is 13.9. The molecule has 3 amide bonds. The number of nitrogens with one attached hydrogen (secondary N) is 1. The Hall–Kier alpha value is -3.58. The largest absolute Gasteiger partial charge is 0.449 e. The molecule has 14 nitrogen and oxygen atoms in total. The minimum Gasteiger partial charge on any atom is -0.449 e. The lowest BCUT2D eigenvalue weighted by Crippen LogP contribution is -2.57. The summed E-state index contributed by atoms with van der Waals surface area (Å²) in [7, 11) is -3.79. The van der Waals surface area contributed by atoms with Crippen LogP contribution in [0.3, 0.4) is 0 Å². The van der Waals surface area contributed by atoms with Crippen molar-refractivity contribution in [2.45, 2.75) is 65.0 Å². The third-order valence-corrected chi connectivity index (χ3v) is 10.5. The number of anilines is 1. The summed E-state index contributed by atoms with van der Waals surface area (Å²) in [6.07, 6.45) is 3.53. The topological polar surface area (TPSA) is 164 Å². The number of hydrogen-bond donors (Lipinski definition) is 2. The van der Waals surface area contributed by atoms with Crippen molar-refractivity contribution in [1.29, 1.82) is 0 Å². The van der Waals surface area contributed by atoms with Crippen LogP contribution in [0.4, 0.5) is 10.6 Å². The van der Waals surface area contributed by atoms with E-state index in [1.165, 1.54) is 4.90 Å². The van der Waals surface area contributed by atoms with Crippen molar-refractivity contribution in [2.75, 3.05) is 70.2 Å². The van der Waals surface area contributed by atoms with Gasteiger partial charge in [-0.1, -0.05) is 43.7 Å². The fourth-order valence-corrected chi connectivity index (χ4v) is 7.58. The highest BCUT2D eigenvalue weighted by atomic mass is 31.2. The van der Waals surface area contributed by atoms with Gasteiger partial charge < -0.3 is 38.9 Å². The van der Waals surface area contributed by atoms with Crippen LogP contribution in [0.5, 0.6) is 0 Å². The zero-order valence-corrected chi connectivity index (χ0v) is 29.1. The number of aliphatic hydroxyl groups excluding tert-OH is 1. The Morgan fingerprint density at radius 3 is 2.31 bits per heavy atom. The molecule has 1 aromatic heterocycles. The Balaban J connectivity index is 1.61. The standard InChI is InChI=1S/C33H49N6O8P/c1-4-7-21-45-33(43)38-19-17-37(18-20-38)32(42)28(24-48(44,46-5-2)47-6-3)35-31(41)27-22-29(39-16-12-11-15-26(39)23-40)36-30(34-27)25-13-9-8-10-14-25/h8-10,13-14,22,26,28,40H,4-7,11-12,15-21,23-24H2,1-3H3,(H,35,41)/t26-,28?/m1/s1. The van der Waals surface area contributed by atoms with Gasteiger partial charge in [0.2, 0.25) is 5.91 Å². The Kier molecular flexibility index (Phi) is 14.2. The van der Waals surface area contributed by atoms with E-state index in [9.17, 15) is 24.1 Å². The Bertz CT molecular complexity index is 1400. The Morgan fingerprint density at radius 1 is 0.979 bits per heavy atom. The van der Waals surface area contributed by atoms with Gasteiger partial charge >= 0.3 is 13.7 Å². The van der Waals surface area contributed by atoms with Crippen LogP contribution in [0.15, 0.2) is 36.4 Å². The van der Waals surface area contributed by atoms with E-state index >= 15 is 0 Å². The first-order valence-electron chi connectivity index (χ1n) is 16.9. The summed E-state index contributed by atoms with van der Waals surface area (Å²) < 4.78 is 30.0. The molecule has 0 saturated carbocycles. The van der Waals surface area contributed by atoms with Crippen LogP contribution in [0.1, 0.15) is 63.4 Å². The van der Waals surface area contributed by atoms with Crippen LogP contribution in [0.25, 0.3) is 11.4 Å². The first-order valence-corrected chi connectivity index (χ1v) is 18.7. The molecule has 2 fully saturated rings. The van der Waals surface area contributed by atoms with Gasteiger partial charge in [0.1, 0.15) is 17.6 Å². The summed E-state index contributed by atoms with van der Waals surface area (Å²) in [5.41, 5.74) is 0.711. The Morgan fingerprint density at radius 2 is 1.67 bits per heavy atom. The first-order chi connectivity index (χ1) is 23.2. The lowest BCUT2D eigenvalue weighted by molar-refractivity contribution is -0.134. The van der Waals surface area contributed by atoms with Crippen molar-refractivity contribution in [2.24, 2.45) is 0 Å². The van der Waals surface area contributed by atoms with Gasteiger partial charge in [0.05, 0.1) is 38.6 Å². The van der Waals surface area contributed by atoms with E-state index in [1.807, 2.05) is 42.2 Å². The number of carbonyl (C=O) groups excluding carboxylic acids is 3. The fraction of sp³-hybridized carbons (Fsp3) is 0.606. The van der Waals surface area contributed by atoms with Crippen LogP contribution >= 0.6 is 7.60 Å². The van der Waals surface area contributed by atoms with E-state index in [0.717, 1.165) is 32.1 Å². The van der Waals surface area contributed by atoms with Gasteiger partial charge in [0.25, 0.3) is 5.91 Å². The Labute approximate surface area is 282 Å². The van der Waals surface area contributed by atoms with Gasteiger partial charge in [0.15, 0.2) is 5.82 Å². The fourth-order valence-electron chi connectivity index (χ4n) is 5.81. The molecule has 0 radical (unpaired) electrons. The zero-order valence-electron chi connectivity index (χ0n) is 28.2. The van der Waals surface area contributed by atoms with Crippen LogP contribution < -0.4 is 10.2 Å². The molecule has 0 spiro atoms. The first kappa shape index (κ1) is 37.2. The minimum atomic E-state index is -3.79. The summed E-state index contributed by atoms with van der Waals surface area (Å²) in [5.74, 6) is -0.327. The molecule has 264 valence electrons. The number of piperidine rings is 1.